The van der Waals surface area contributed by atoms with Gasteiger partial charge in [-0.1, -0.05) is 6.07 Å². The lowest BCUT2D eigenvalue weighted by atomic mass is 9.96. The summed E-state index contributed by atoms with van der Waals surface area (Å²) >= 11 is 1.52. The highest BCUT2D eigenvalue weighted by Gasteiger charge is 2.27. The topological polar surface area (TPSA) is 74.2 Å². The molecular formula is C21H24N6OS. The first kappa shape index (κ1) is 19.3. The largest absolute Gasteiger partial charge is 0.369 e. The van der Waals surface area contributed by atoms with Crippen molar-refractivity contribution >= 4 is 33.9 Å². The second-order valence-corrected chi connectivity index (χ2v) is 8.16. The molecule has 3 aromatic rings. The molecule has 4 rings (SSSR count). The van der Waals surface area contributed by atoms with Crippen LogP contribution in [0.5, 0.6) is 0 Å². The molecule has 1 atom stereocenters. The third-order valence-electron chi connectivity index (χ3n) is 4.99. The molecule has 0 aromatic carbocycles. The van der Waals surface area contributed by atoms with Crippen LogP contribution >= 0.6 is 11.3 Å². The minimum atomic E-state index is 0.0527. The molecule has 1 amide bonds. The number of anilines is 3. The van der Waals surface area contributed by atoms with E-state index >= 15 is 0 Å². The Labute approximate surface area is 174 Å². The smallest absolute Gasteiger partial charge is 0.226 e. The van der Waals surface area contributed by atoms with Gasteiger partial charge in [0.05, 0.1) is 23.5 Å². The Kier molecular flexibility index (Phi) is 5.71. The molecule has 0 bridgehead atoms. The quantitative estimate of drug-likeness (QED) is 0.695. The predicted molar refractivity (Wildman–Crippen MR) is 116 cm³/mol. The number of pyridine rings is 2. The second-order valence-electron chi connectivity index (χ2n) is 7.30. The number of hydrogen-bond donors (Lipinski definition) is 1. The van der Waals surface area contributed by atoms with Gasteiger partial charge in [0.1, 0.15) is 11.5 Å². The molecule has 29 heavy (non-hydrogen) atoms. The first-order valence-corrected chi connectivity index (χ1v) is 10.5. The van der Waals surface area contributed by atoms with Crippen molar-refractivity contribution in [3.05, 3.63) is 48.1 Å². The average Bonchev–Trinajstić information content (AvgIpc) is 3.23. The number of thiazole rings is 1. The molecule has 3 aromatic heterocycles. The van der Waals surface area contributed by atoms with Crippen molar-refractivity contribution in [3.63, 3.8) is 0 Å². The minimum absolute atomic E-state index is 0.0527. The number of amides is 1. The van der Waals surface area contributed by atoms with Gasteiger partial charge in [0.15, 0.2) is 5.13 Å². The van der Waals surface area contributed by atoms with Crippen molar-refractivity contribution in [2.45, 2.75) is 12.8 Å². The van der Waals surface area contributed by atoms with E-state index in [2.05, 4.69) is 25.2 Å². The SMILES string of the molecule is CN(C)C(=O)C1CCCN(c2ccc(Nc3nc(-c4ccccn4)cs3)nc2)C1. The lowest BCUT2D eigenvalue weighted by Gasteiger charge is -2.34. The molecule has 1 N–H and O–H groups in total. The molecule has 7 nitrogen and oxygen atoms in total. The van der Waals surface area contributed by atoms with Crippen LogP contribution in [0.3, 0.4) is 0 Å². The second kappa shape index (κ2) is 8.57. The van der Waals surface area contributed by atoms with Gasteiger partial charge in [0, 0.05) is 38.8 Å². The molecule has 1 saturated heterocycles. The first-order valence-electron chi connectivity index (χ1n) is 9.66. The van der Waals surface area contributed by atoms with Crippen LogP contribution in [0.4, 0.5) is 16.6 Å². The molecule has 0 spiro atoms. The Morgan fingerprint density at radius 1 is 1.21 bits per heavy atom. The third-order valence-corrected chi connectivity index (χ3v) is 5.75. The highest BCUT2D eigenvalue weighted by atomic mass is 32.1. The number of hydrogen-bond acceptors (Lipinski definition) is 7. The maximum absolute atomic E-state index is 12.3. The van der Waals surface area contributed by atoms with Gasteiger partial charge in [0.25, 0.3) is 0 Å². The van der Waals surface area contributed by atoms with E-state index in [0.717, 1.165) is 54.0 Å². The van der Waals surface area contributed by atoms with Gasteiger partial charge in [-0.2, -0.15) is 0 Å². The molecule has 0 radical (unpaired) electrons. The van der Waals surface area contributed by atoms with E-state index in [1.165, 1.54) is 11.3 Å². The number of rotatable bonds is 5. The molecule has 1 aliphatic heterocycles. The summed E-state index contributed by atoms with van der Waals surface area (Å²) in [4.78, 5) is 29.7. The van der Waals surface area contributed by atoms with Crippen molar-refractivity contribution in [1.29, 1.82) is 0 Å². The van der Waals surface area contributed by atoms with Crippen molar-refractivity contribution in [3.8, 4) is 11.4 Å². The fourth-order valence-corrected chi connectivity index (χ4v) is 4.21. The van der Waals surface area contributed by atoms with E-state index in [0.29, 0.717) is 0 Å². The zero-order valence-corrected chi connectivity index (χ0v) is 17.4. The van der Waals surface area contributed by atoms with Crippen LogP contribution in [0.25, 0.3) is 11.4 Å². The Bertz CT molecular complexity index is 957. The number of aromatic nitrogens is 3. The summed E-state index contributed by atoms with van der Waals surface area (Å²) in [7, 11) is 3.64. The van der Waals surface area contributed by atoms with Crippen LogP contribution in [-0.2, 0) is 4.79 Å². The maximum Gasteiger partial charge on any atom is 0.226 e. The van der Waals surface area contributed by atoms with E-state index < -0.39 is 0 Å². The molecule has 4 heterocycles. The van der Waals surface area contributed by atoms with Gasteiger partial charge in [-0.05, 0) is 37.1 Å². The number of nitrogens with zero attached hydrogens (tertiary/aromatic N) is 5. The summed E-state index contributed by atoms with van der Waals surface area (Å²) in [5, 5.41) is 6.01. The van der Waals surface area contributed by atoms with Crippen molar-refractivity contribution in [2.24, 2.45) is 5.92 Å². The summed E-state index contributed by atoms with van der Waals surface area (Å²) < 4.78 is 0. The van der Waals surface area contributed by atoms with E-state index in [9.17, 15) is 4.79 Å². The zero-order chi connectivity index (χ0) is 20.2. The zero-order valence-electron chi connectivity index (χ0n) is 16.6. The Balaban J connectivity index is 1.41. The molecule has 1 fully saturated rings. The molecule has 1 unspecified atom stereocenters. The van der Waals surface area contributed by atoms with Gasteiger partial charge in [0.2, 0.25) is 5.91 Å². The maximum atomic E-state index is 12.3. The molecule has 150 valence electrons. The first-order chi connectivity index (χ1) is 14.1. The monoisotopic (exact) mass is 408 g/mol. The van der Waals surface area contributed by atoms with Gasteiger partial charge in [-0.25, -0.2) is 9.97 Å². The van der Waals surface area contributed by atoms with Crippen LogP contribution in [-0.4, -0.2) is 52.9 Å². The predicted octanol–water partition coefficient (Wildman–Crippen LogP) is 3.65. The van der Waals surface area contributed by atoms with Crippen LogP contribution < -0.4 is 10.2 Å². The number of carbonyl (C=O) groups is 1. The Morgan fingerprint density at radius 3 is 2.83 bits per heavy atom. The van der Waals surface area contributed by atoms with Gasteiger partial charge >= 0.3 is 0 Å². The molecule has 0 saturated carbocycles. The fraction of sp³-hybridized carbons (Fsp3) is 0.333. The fourth-order valence-electron chi connectivity index (χ4n) is 3.50. The Morgan fingerprint density at radius 2 is 2.10 bits per heavy atom. The molecule has 1 aliphatic rings. The summed E-state index contributed by atoms with van der Waals surface area (Å²) in [6, 6.07) is 9.78. The summed E-state index contributed by atoms with van der Waals surface area (Å²) in [5.74, 6) is 0.999. The molecule has 8 heteroatoms. The highest BCUT2D eigenvalue weighted by molar-refractivity contribution is 7.14. The van der Waals surface area contributed by atoms with Gasteiger partial charge < -0.3 is 15.1 Å². The summed E-state index contributed by atoms with van der Waals surface area (Å²) in [6.07, 6.45) is 5.58. The normalized spacial score (nSPS) is 16.5. The number of piperidine rings is 1. The standard InChI is InChI=1S/C21H24N6OS/c1-26(2)20(28)15-6-5-11-27(13-15)16-8-9-19(23-12-16)25-21-24-18(14-29-21)17-7-3-4-10-22-17/h3-4,7-10,12,14-15H,5-6,11,13H2,1-2H3,(H,23,24,25). The van der Waals surface area contributed by atoms with Crippen molar-refractivity contribution in [1.82, 2.24) is 19.9 Å². The summed E-state index contributed by atoms with van der Waals surface area (Å²) in [6.45, 7) is 1.69. The van der Waals surface area contributed by atoms with E-state index in [1.807, 2.05) is 56.0 Å². The Hall–Kier alpha value is -3.00. The van der Waals surface area contributed by atoms with Crippen LogP contribution in [0.1, 0.15) is 12.8 Å². The lowest BCUT2D eigenvalue weighted by molar-refractivity contribution is -0.133. The number of nitrogens with one attached hydrogen (secondary N) is 1. The van der Waals surface area contributed by atoms with Crippen LogP contribution in [0.15, 0.2) is 48.1 Å². The van der Waals surface area contributed by atoms with Crippen molar-refractivity contribution in [2.75, 3.05) is 37.4 Å². The molecule has 0 aliphatic carbocycles. The van der Waals surface area contributed by atoms with Crippen molar-refractivity contribution < 1.29 is 4.79 Å². The van der Waals surface area contributed by atoms with Gasteiger partial charge in [-0.3, -0.25) is 9.78 Å². The van der Waals surface area contributed by atoms with Crippen LogP contribution in [0.2, 0.25) is 0 Å². The van der Waals surface area contributed by atoms with Crippen LogP contribution in [0, 0.1) is 5.92 Å². The highest BCUT2D eigenvalue weighted by Crippen LogP contribution is 2.27. The number of carbonyl (C=O) groups excluding carboxylic acids is 1. The summed E-state index contributed by atoms with van der Waals surface area (Å²) in [5.41, 5.74) is 2.74. The van der Waals surface area contributed by atoms with Gasteiger partial charge in [-0.15, -0.1) is 11.3 Å². The van der Waals surface area contributed by atoms with E-state index in [-0.39, 0.29) is 11.8 Å². The minimum Gasteiger partial charge on any atom is -0.369 e. The van der Waals surface area contributed by atoms with E-state index in [4.69, 9.17) is 0 Å². The van der Waals surface area contributed by atoms with E-state index in [1.54, 1.807) is 11.1 Å². The molecular weight excluding hydrogens is 384 g/mol. The third kappa shape index (κ3) is 4.54. The average molecular weight is 409 g/mol. The lowest BCUT2D eigenvalue weighted by Crippen LogP contribution is -2.42.